The first kappa shape index (κ1) is 14.0. The number of rotatable bonds is 2. The Balaban J connectivity index is 2.45. The number of aryl methyl sites for hydroxylation is 1. The highest BCUT2D eigenvalue weighted by Crippen LogP contribution is 2.32. The fraction of sp³-hybridized carbons (Fsp3) is 0.533. The molecule has 4 heteroatoms. The van der Waals surface area contributed by atoms with Gasteiger partial charge in [-0.15, -0.1) is 0 Å². The number of carbonyl (C=O) groups excluding carboxylic acids is 1. The quantitative estimate of drug-likeness (QED) is 0.770. The van der Waals surface area contributed by atoms with Crippen molar-refractivity contribution in [3.63, 3.8) is 0 Å². The van der Waals surface area contributed by atoms with Gasteiger partial charge in [0, 0.05) is 5.56 Å². The van der Waals surface area contributed by atoms with Crippen molar-refractivity contribution in [2.24, 2.45) is 0 Å². The van der Waals surface area contributed by atoms with Crippen LogP contribution in [0.4, 0.5) is 0 Å². The zero-order valence-electron chi connectivity index (χ0n) is 11.9. The van der Waals surface area contributed by atoms with Crippen molar-refractivity contribution in [3.05, 3.63) is 33.9 Å². The van der Waals surface area contributed by atoms with E-state index < -0.39 is 0 Å². The van der Waals surface area contributed by atoms with Gasteiger partial charge in [0.2, 0.25) is 0 Å². The van der Waals surface area contributed by atoms with Crippen LogP contribution in [0.15, 0.2) is 6.07 Å². The number of methoxy groups -OCH3 is 1. The molecule has 1 fully saturated rings. The summed E-state index contributed by atoms with van der Waals surface area (Å²) in [6.07, 6.45) is 0.604. The van der Waals surface area contributed by atoms with E-state index in [-0.39, 0.29) is 12.3 Å². The lowest BCUT2D eigenvalue weighted by molar-refractivity contribution is -0.183. The van der Waals surface area contributed by atoms with E-state index in [0.29, 0.717) is 18.8 Å². The van der Waals surface area contributed by atoms with Crippen LogP contribution in [0, 0.1) is 20.8 Å². The maximum Gasteiger partial charge on any atom is 0.338 e. The molecule has 0 N–H and O–H groups in total. The Hall–Kier alpha value is -1.39. The molecule has 1 heterocycles. The van der Waals surface area contributed by atoms with Crippen molar-refractivity contribution in [2.45, 2.75) is 33.5 Å². The Morgan fingerprint density at radius 2 is 1.84 bits per heavy atom. The highest BCUT2D eigenvalue weighted by molar-refractivity contribution is 5.91. The zero-order valence-corrected chi connectivity index (χ0v) is 11.9. The molecule has 0 saturated carbocycles. The topological polar surface area (TPSA) is 44.8 Å². The third-order valence-electron chi connectivity index (χ3n) is 3.62. The molecule has 1 aromatic rings. The minimum absolute atomic E-state index is 0.305. The number of benzene rings is 1. The third kappa shape index (κ3) is 2.65. The van der Waals surface area contributed by atoms with Crippen LogP contribution >= 0.6 is 0 Å². The molecule has 0 aromatic heterocycles. The molecule has 0 spiro atoms. The Bertz CT molecular complexity index is 487. The molecule has 1 aromatic carbocycles. The lowest BCUT2D eigenvalue weighted by atomic mass is 9.93. The molecule has 0 radical (unpaired) electrons. The normalized spacial score (nSPS) is 16.4. The molecule has 104 valence electrons. The van der Waals surface area contributed by atoms with Crippen molar-refractivity contribution in [3.8, 4) is 0 Å². The Morgan fingerprint density at radius 3 is 2.42 bits per heavy atom. The van der Waals surface area contributed by atoms with Gasteiger partial charge >= 0.3 is 5.97 Å². The highest BCUT2D eigenvalue weighted by Gasteiger charge is 2.24. The minimum atomic E-state index is -0.320. The average Bonchev–Trinajstić information content (AvgIpc) is 2.43. The maximum atomic E-state index is 11.7. The van der Waals surface area contributed by atoms with Crippen LogP contribution in [0.25, 0.3) is 0 Å². The SMILES string of the molecule is COC(=O)c1cc(C)c(C2OCCCO2)c(C)c1C. The van der Waals surface area contributed by atoms with Crippen LogP contribution in [-0.2, 0) is 14.2 Å². The van der Waals surface area contributed by atoms with Crippen LogP contribution in [0.2, 0.25) is 0 Å². The van der Waals surface area contributed by atoms with Crippen molar-refractivity contribution in [2.75, 3.05) is 20.3 Å². The summed E-state index contributed by atoms with van der Waals surface area (Å²) >= 11 is 0. The van der Waals surface area contributed by atoms with Gasteiger partial charge in [-0.05, 0) is 49.9 Å². The summed E-state index contributed by atoms with van der Waals surface area (Å²) in [5.41, 5.74) is 4.59. The van der Waals surface area contributed by atoms with Gasteiger partial charge < -0.3 is 14.2 Å². The molecular weight excluding hydrogens is 244 g/mol. The lowest BCUT2D eigenvalue weighted by Crippen LogP contribution is -2.20. The van der Waals surface area contributed by atoms with Gasteiger partial charge in [-0.3, -0.25) is 0 Å². The summed E-state index contributed by atoms with van der Waals surface area (Å²) in [6.45, 7) is 7.30. The fourth-order valence-corrected chi connectivity index (χ4v) is 2.44. The molecule has 4 nitrogen and oxygen atoms in total. The predicted octanol–water partition coefficient (Wildman–Crippen LogP) is 2.83. The highest BCUT2D eigenvalue weighted by atomic mass is 16.7. The Kier molecular flexibility index (Phi) is 4.22. The molecule has 1 aliphatic rings. The largest absolute Gasteiger partial charge is 0.465 e. The molecule has 1 saturated heterocycles. The molecule has 0 atom stereocenters. The first-order chi connectivity index (χ1) is 9.06. The molecule has 0 bridgehead atoms. The smallest absolute Gasteiger partial charge is 0.338 e. The molecule has 19 heavy (non-hydrogen) atoms. The average molecular weight is 264 g/mol. The van der Waals surface area contributed by atoms with Gasteiger partial charge in [-0.25, -0.2) is 4.79 Å². The van der Waals surface area contributed by atoms with Crippen LogP contribution < -0.4 is 0 Å². The number of esters is 1. The lowest BCUT2D eigenvalue weighted by Gasteiger charge is -2.27. The van der Waals surface area contributed by atoms with Gasteiger partial charge in [0.25, 0.3) is 0 Å². The van der Waals surface area contributed by atoms with Crippen LogP contribution in [0.3, 0.4) is 0 Å². The van der Waals surface area contributed by atoms with Gasteiger partial charge in [0.05, 0.1) is 25.9 Å². The maximum absolute atomic E-state index is 11.7. The van der Waals surface area contributed by atoms with Crippen LogP contribution in [0.5, 0.6) is 0 Å². The van der Waals surface area contributed by atoms with E-state index >= 15 is 0 Å². The number of hydrogen-bond donors (Lipinski definition) is 0. The van der Waals surface area contributed by atoms with Gasteiger partial charge in [0.1, 0.15) is 0 Å². The first-order valence-electron chi connectivity index (χ1n) is 6.48. The third-order valence-corrected chi connectivity index (χ3v) is 3.62. The summed E-state index contributed by atoms with van der Waals surface area (Å²) in [5, 5.41) is 0. The van der Waals surface area contributed by atoms with Gasteiger partial charge in [0.15, 0.2) is 6.29 Å². The summed E-state index contributed by atoms with van der Waals surface area (Å²) in [5.74, 6) is -0.305. The summed E-state index contributed by atoms with van der Waals surface area (Å²) in [4.78, 5) is 11.7. The standard InChI is InChI=1S/C15H20O4/c1-9-8-12(14(16)17-4)10(2)11(3)13(9)15-18-6-5-7-19-15/h8,15H,5-7H2,1-4H3. The fourth-order valence-electron chi connectivity index (χ4n) is 2.44. The zero-order chi connectivity index (χ0) is 14.0. The van der Waals surface area contributed by atoms with Crippen molar-refractivity contribution in [1.29, 1.82) is 0 Å². The molecule has 1 aliphatic heterocycles. The van der Waals surface area contributed by atoms with Crippen LogP contribution in [-0.4, -0.2) is 26.3 Å². The predicted molar refractivity (Wildman–Crippen MR) is 71.3 cm³/mol. The van der Waals surface area contributed by atoms with E-state index in [2.05, 4.69) is 0 Å². The van der Waals surface area contributed by atoms with Gasteiger partial charge in [-0.1, -0.05) is 0 Å². The number of carbonyl (C=O) groups is 1. The van der Waals surface area contributed by atoms with E-state index in [4.69, 9.17) is 14.2 Å². The van der Waals surface area contributed by atoms with Crippen molar-refractivity contribution in [1.82, 2.24) is 0 Å². The van der Waals surface area contributed by atoms with E-state index in [9.17, 15) is 4.79 Å². The van der Waals surface area contributed by atoms with E-state index in [0.717, 1.165) is 28.7 Å². The minimum Gasteiger partial charge on any atom is -0.465 e. The summed E-state index contributed by atoms with van der Waals surface area (Å²) < 4.78 is 16.1. The number of ether oxygens (including phenoxy) is 3. The van der Waals surface area contributed by atoms with Gasteiger partial charge in [-0.2, -0.15) is 0 Å². The van der Waals surface area contributed by atoms with Crippen molar-refractivity contribution < 1.29 is 19.0 Å². The molecular formula is C15H20O4. The Labute approximate surface area is 113 Å². The van der Waals surface area contributed by atoms with E-state index in [1.165, 1.54) is 7.11 Å². The first-order valence-corrected chi connectivity index (χ1v) is 6.48. The number of hydrogen-bond acceptors (Lipinski definition) is 4. The van der Waals surface area contributed by atoms with E-state index in [1.807, 2.05) is 26.8 Å². The second kappa shape index (κ2) is 5.72. The molecule has 0 amide bonds. The second-order valence-electron chi connectivity index (χ2n) is 4.82. The molecule has 2 rings (SSSR count). The van der Waals surface area contributed by atoms with E-state index in [1.54, 1.807) is 0 Å². The van der Waals surface area contributed by atoms with Crippen molar-refractivity contribution >= 4 is 5.97 Å². The second-order valence-corrected chi connectivity index (χ2v) is 4.82. The molecule has 0 unspecified atom stereocenters. The monoisotopic (exact) mass is 264 g/mol. The summed E-state index contributed by atoms with van der Waals surface area (Å²) in [6, 6.07) is 1.85. The summed E-state index contributed by atoms with van der Waals surface area (Å²) in [7, 11) is 1.40. The van der Waals surface area contributed by atoms with Crippen LogP contribution in [0.1, 0.15) is 45.3 Å². The Morgan fingerprint density at radius 1 is 1.21 bits per heavy atom. The molecule has 0 aliphatic carbocycles.